The van der Waals surface area contributed by atoms with Crippen molar-refractivity contribution < 1.29 is 9.90 Å². The van der Waals surface area contributed by atoms with Gasteiger partial charge in [0.25, 0.3) is 0 Å². The number of aliphatic carboxylic acids is 1. The predicted octanol–water partition coefficient (Wildman–Crippen LogP) is 3.87. The average Bonchev–Trinajstić information content (AvgIpc) is 2.39. The van der Waals surface area contributed by atoms with Gasteiger partial charge in [0.05, 0.1) is 0 Å². The van der Waals surface area contributed by atoms with E-state index < -0.39 is 5.97 Å². The van der Waals surface area contributed by atoms with Crippen molar-refractivity contribution >= 4 is 5.97 Å². The monoisotopic (exact) mass is 277 g/mol. The van der Waals surface area contributed by atoms with Gasteiger partial charge < -0.3 is 10.8 Å². The van der Waals surface area contributed by atoms with Crippen LogP contribution in [0.1, 0.15) is 65.1 Å². The van der Waals surface area contributed by atoms with E-state index in [2.05, 4.69) is 34.6 Å². The van der Waals surface area contributed by atoms with Gasteiger partial charge in [-0.25, -0.2) is 0 Å². The van der Waals surface area contributed by atoms with Gasteiger partial charge in [0.1, 0.15) is 0 Å². The van der Waals surface area contributed by atoms with Crippen LogP contribution in [-0.4, -0.2) is 11.1 Å². The van der Waals surface area contributed by atoms with Crippen LogP contribution in [-0.2, 0) is 4.79 Å². The lowest BCUT2D eigenvalue weighted by molar-refractivity contribution is -0.137. The molecule has 0 aliphatic rings. The zero-order valence-corrected chi connectivity index (χ0v) is 13.3. The summed E-state index contributed by atoms with van der Waals surface area (Å²) in [5.74, 6) is -0.729. The predicted molar refractivity (Wildman–Crippen MR) is 83.2 cm³/mol. The third kappa shape index (κ3) is 3.60. The van der Waals surface area contributed by atoms with Crippen LogP contribution in [0.3, 0.4) is 0 Å². The van der Waals surface area contributed by atoms with Crippen molar-refractivity contribution in [1.82, 2.24) is 0 Å². The Morgan fingerprint density at radius 3 is 1.85 bits per heavy atom. The Bertz CT molecular complexity index is 477. The topological polar surface area (TPSA) is 63.3 Å². The molecule has 3 N–H and O–H groups in total. The number of carboxylic acids is 1. The largest absolute Gasteiger partial charge is 0.481 e. The smallest absolute Gasteiger partial charge is 0.303 e. The number of hydrogen-bond acceptors (Lipinski definition) is 2. The van der Waals surface area contributed by atoms with Gasteiger partial charge >= 0.3 is 5.97 Å². The van der Waals surface area contributed by atoms with Gasteiger partial charge in [-0.2, -0.15) is 0 Å². The first-order valence-electron chi connectivity index (χ1n) is 7.31. The lowest BCUT2D eigenvalue weighted by Crippen LogP contribution is -2.16. The molecule has 0 saturated carbocycles. The molecule has 0 heterocycles. The molecule has 3 nitrogen and oxygen atoms in total. The van der Waals surface area contributed by atoms with Crippen molar-refractivity contribution in [2.75, 3.05) is 0 Å². The molecule has 3 heteroatoms. The molecule has 1 aromatic carbocycles. The molecule has 0 saturated heterocycles. The minimum Gasteiger partial charge on any atom is -0.481 e. The minimum absolute atomic E-state index is 0.00166. The summed E-state index contributed by atoms with van der Waals surface area (Å²) >= 11 is 0. The van der Waals surface area contributed by atoms with Gasteiger partial charge in [0, 0.05) is 12.5 Å². The molecule has 0 radical (unpaired) electrons. The Kier molecular flexibility index (Phi) is 5.75. The van der Waals surface area contributed by atoms with E-state index in [1.54, 1.807) is 0 Å². The van der Waals surface area contributed by atoms with E-state index in [4.69, 9.17) is 10.8 Å². The first-order valence-corrected chi connectivity index (χ1v) is 7.31. The van der Waals surface area contributed by atoms with Gasteiger partial charge in [-0.1, -0.05) is 6.42 Å². The van der Waals surface area contributed by atoms with E-state index in [0.717, 1.165) is 12.8 Å². The van der Waals surface area contributed by atoms with E-state index in [-0.39, 0.29) is 12.5 Å². The zero-order valence-electron chi connectivity index (χ0n) is 13.3. The van der Waals surface area contributed by atoms with Crippen molar-refractivity contribution in [3.63, 3.8) is 0 Å². The minimum atomic E-state index is -0.729. The molecule has 0 amide bonds. The summed E-state index contributed by atoms with van der Waals surface area (Å²) in [7, 11) is 0. The number of rotatable bonds is 6. The Morgan fingerprint density at radius 1 is 0.950 bits per heavy atom. The van der Waals surface area contributed by atoms with Gasteiger partial charge in [0.15, 0.2) is 0 Å². The van der Waals surface area contributed by atoms with Crippen LogP contribution in [0, 0.1) is 34.6 Å². The van der Waals surface area contributed by atoms with Crippen molar-refractivity contribution in [3.05, 3.63) is 33.4 Å². The standard InChI is InChI=1S/C17H27NO2/c1-10-11(2)13(4)17(14(5)12(10)3)15(18)8-6-7-9-16(19)20/h15H,6-9,18H2,1-5H3,(H,19,20). The van der Waals surface area contributed by atoms with E-state index in [0.29, 0.717) is 6.42 Å². The third-order valence-electron chi connectivity index (χ3n) is 4.58. The van der Waals surface area contributed by atoms with Gasteiger partial charge in [-0.15, -0.1) is 0 Å². The highest BCUT2D eigenvalue weighted by Gasteiger charge is 2.17. The molecule has 1 unspecified atom stereocenters. The van der Waals surface area contributed by atoms with Crippen molar-refractivity contribution in [2.45, 2.75) is 66.3 Å². The number of unbranched alkanes of at least 4 members (excludes halogenated alkanes) is 1. The number of carbonyl (C=O) groups is 1. The average molecular weight is 277 g/mol. The summed E-state index contributed by atoms with van der Waals surface area (Å²) in [5.41, 5.74) is 14.2. The van der Waals surface area contributed by atoms with Gasteiger partial charge in [0.2, 0.25) is 0 Å². The maximum Gasteiger partial charge on any atom is 0.303 e. The Hall–Kier alpha value is -1.35. The quantitative estimate of drug-likeness (QED) is 0.776. The van der Waals surface area contributed by atoms with Crippen LogP contribution in [0.5, 0.6) is 0 Å². The highest BCUT2D eigenvalue weighted by atomic mass is 16.4. The summed E-state index contributed by atoms with van der Waals surface area (Å²) in [6.45, 7) is 10.7. The molecular weight excluding hydrogens is 250 g/mol. The fraction of sp³-hybridized carbons (Fsp3) is 0.588. The van der Waals surface area contributed by atoms with Crippen LogP contribution >= 0.6 is 0 Å². The SMILES string of the molecule is Cc1c(C)c(C)c(C(N)CCCCC(=O)O)c(C)c1C. The molecule has 1 aromatic rings. The molecule has 0 spiro atoms. The molecule has 1 rings (SSSR count). The third-order valence-corrected chi connectivity index (χ3v) is 4.58. The number of carboxylic acid groups (broad SMARTS) is 1. The molecule has 0 fully saturated rings. The fourth-order valence-electron chi connectivity index (χ4n) is 2.87. The Morgan fingerprint density at radius 2 is 1.40 bits per heavy atom. The lowest BCUT2D eigenvalue weighted by Gasteiger charge is -2.23. The highest BCUT2D eigenvalue weighted by Crippen LogP contribution is 2.31. The molecule has 0 aliphatic carbocycles. The normalized spacial score (nSPS) is 12.5. The molecule has 0 aromatic heterocycles. The molecule has 1 atom stereocenters. The molecular formula is C17H27NO2. The first-order chi connectivity index (χ1) is 9.27. The summed E-state index contributed by atoms with van der Waals surface area (Å²) < 4.78 is 0. The second kappa shape index (κ2) is 6.89. The van der Waals surface area contributed by atoms with Crippen LogP contribution in [0.4, 0.5) is 0 Å². The van der Waals surface area contributed by atoms with Gasteiger partial charge in [-0.3, -0.25) is 4.79 Å². The number of hydrogen-bond donors (Lipinski definition) is 2. The van der Waals surface area contributed by atoms with Crippen molar-refractivity contribution in [3.8, 4) is 0 Å². The summed E-state index contributed by atoms with van der Waals surface area (Å²) in [6.07, 6.45) is 2.64. The highest BCUT2D eigenvalue weighted by molar-refractivity contribution is 5.66. The van der Waals surface area contributed by atoms with E-state index in [1.165, 1.54) is 33.4 Å². The number of benzene rings is 1. The van der Waals surface area contributed by atoms with Crippen molar-refractivity contribution in [2.24, 2.45) is 5.73 Å². The lowest BCUT2D eigenvalue weighted by atomic mass is 9.85. The maximum absolute atomic E-state index is 10.5. The maximum atomic E-state index is 10.5. The fourth-order valence-corrected chi connectivity index (χ4v) is 2.87. The Labute approximate surface area is 122 Å². The molecule has 0 bridgehead atoms. The van der Waals surface area contributed by atoms with Gasteiger partial charge in [-0.05, 0) is 80.8 Å². The summed E-state index contributed by atoms with van der Waals surface area (Å²) in [4.78, 5) is 10.5. The molecule has 112 valence electrons. The summed E-state index contributed by atoms with van der Waals surface area (Å²) in [6, 6.07) is 0.00166. The van der Waals surface area contributed by atoms with Crippen LogP contribution in [0.2, 0.25) is 0 Å². The summed E-state index contributed by atoms with van der Waals surface area (Å²) in [5, 5.41) is 8.66. The van der Waals surface area contributed by atoms with E-state index in [9.17, 15) is 4.79 Å². The van der Waals surface area contributed by atoms with E-state index >= 15 is 0 Å². The molecule has 0 aliphatic heterocycles. The van der Waals surface area contributed by atoms with Crippen LogP contribution in [0.25, 0.3) is 0 Å². The number of nitrogens with two attached hydrogens (primary N) is 1. The van der Waals surface area contributed by atoms with E-state index in [1.807, 2.05) is 0 Å². The van der Waals surface area contributed by atoms with Crippen LogP contribution in [0.15, 0.2) is 0 Å². The second-order valence-corrected chi connectivity index (χ2v) is 5.78. The van der Waals surface area contributed by atoms with Crippen LogP contribution < -0.4 is 5.73 Å². The van der Waals surface area contributed by atoms with Crippen molar-refractivity contribution in [1.29, 1.82) is 0 Å². The zero-order chi connectivity index (χ0) is 15.4. The second-order valence-electron chi connectivity index (χ2n) is 5.78. The first kappa shape index (κ1) is 16.7. The Balaban J connectivity index is 2.88. The molecule has 20 heavy (non-hydrogen) atoms.